The summed E-state index contributed by atoms with van der Waals surface area (Å²) in [7, 11) is 1.65. The molecule has 134 valence electrons. The van der Waals surface area contributed by atoms with Gasteiger partial charge >= 0.3 is 0 Å². The van der Waals surface area contributed by atoms with Crippen molar-refractivity contribution in [2.45, 2.75) is 33.2 Å². The van der Waals surface area contributed by atoms with Crippen LogP contribution < -0.4 is 10.1 Å². The van der Waals surface area contributed by atoms with Crippen LogP contribution >= 0.6 is 0 Å². The highest BCUT2D eigenvalue weighted by Gasteiger charge is 2.24. The Morgan fingerprint density at radius 3 is 2.27 bits per heavy atom. The first kappa shape index (κ1) is 17.9. The summed E-state index contributed by atoms with van der Waals surface area (Å²) in [5.74, 6) is 2.75. The van der Waals surface area contributed by atoms with Gasteiger partial charge in [0.1, 0.15) is 5.75 Å². The van der Waals surface area contributed by atoms with Crippen molar-refractivity contribution in [2.75, 3.05) is 7.11 Å². The molecule has 2 aromatic rings. The molecule has 1 heterocycles. The highest BCUT2D eigenvalue weighted by molar-refractivity contribution is 6.48. The van der Waals surface area contributed by atoms with Crippen LogP contribution in [0.3, 0.4) is 0 Å². The molecule has 5 nitrogen and oxygen atoms in total. The Labute approximate surface area is 154 Å². The second-order valence-corrected chi connectivity index (χ2v) is 7.22. The van der Waals surface area contributed by atoms with Crippen LogP contribution in [0.1, 0.15) is 31.9 Å². The zero-order valence-electron chi connectivity index (χ0n) is 15.9. The van der Waals surface area contributed by atoms with Crippen LogP contribution in [0.4, 0.5) is 5.69 Å². The number of amidine groups is 3. The van der Waals surface area contributed by atoms with Gasteiger partial charge < -0.3 is 10.1 Å². The fourth-order valence-electron chi connectivity index (χ4n) is 2.57. The number of aryl methyl sites for hydroxylation is 1. The normalized spacial score (nSPS) is 15.7. The molecule has 3 rings (SSSR count). The number of benzene rings is 2. The van der Waals surface area contributed by atoms with Gasteiger partial charge in [-0.15, -0.1) is 0 Å². The molecule has 0 radical (unpaired) electrons. The SMILES string of the molecule is COc1ccc(/N=C2\N=C(c3ccccc3C)N=C2NC(C)(C)C)cc1. The van der Waals surface area contributed by atoms with E-state index in [2.05, 4.69) is 44.1 Å². The zero-order chi connectivity index (χ0) is 18.7. The highest BCUT2D eigenvalue weighted by Crippen LogP contribution is 2.20. The Bertz CT molecular complexity index is 887. The first-order chi connectivity index (χ1) is 12.4. The van der Waals surface area contributed by atoms with E-state index in [9.17, 15) is 0 Å². The summed E-state index contributed by atoms with van der Waals surface area (Å²) in [6.45, 7) is 8.33. The van der Waals surface area contributed by atoms with E-state index in [-0.39, 0.29) is 5.54 Å². The van der Waals surface area contributed by atoms with Crippen LogP contribution in [0, 0.1) is 6.92 Å². The lowest BCUT2D eigenvalue weighted by molar-refractivity contribution is 0.415. The molecule has 1 N–H and O–H groups in total. The zero-order valence-corrected chi connectivity index (χ0v) is 15.9. The van der Waals surface area contributed by atoms with E-state index in [1.165, 1.54) is 0 Å². The van der Waals surface area contributed by atoms with Crippen LogP contribution in [0.25, 0.3) is 0 Å². The third-order valence-corrected chi connectivity index (χ3v) is 3.83. The average Bonchev–Trinajstić information content (AvgIpc) is 2.96. The molecule has 5 heteroatoms. The van der Waals surface area contributed by atoms with Crippen molar-refractivity contribution in [3.05, 3.63) is 59.7 Å². The lowest BCUT2D eigenvalue weighted by Gasteiger charge is -2.21. The molecule has 0 bridgehead atoms. The van der Waals surface area contributed by atoms with E-state index in [1.807, 2.05) is 42.5 Å². The molecule has 0 spiro atoms. The van der Waals surface area contributed by atoms with E-state index in [1.54, 1.807) is 7.11 Å². The molecule has 26 heavy (non-hydrogen) atoms. The number of nitrogens with zero attached hydrogens (tertiary/aromatic N) is 3. The van der Waals surface area contributed by atoms with Gasteiger partial charge in [0.2, 0.25) is 0 Å². The Balaban J connectivity index is 2.01. The molecule has 0 aliphatic carbocycles. The van der Waals surface area contributed by atoms with Crippen molar-refractivity contribution in [1.29, 1.82) is 0 Å². The maximum absolute atomic E-state index is 5.20. The van der Waals surface area contributed by atoms with Gasteiger partial charge in [-0.2, -0.15) is 0 Å². The number of rotatable bonds is 3. The minimum Gasteiger partial charge on any atom is -0.497 e. The lowest BCUT2D eigenvalue weighted by atomic mass is 10.1. The summed E-state index contributed by atoms with van der Waals surface area (Å²) >= 11 is 0. The Kier molecular flexibility index (Phi) is 4.89. The summed E-state index contributed by atoms with van der Waals surface area (Å²) in [6.07, 6.45) is 0. The minimum absolute atomic E-state index is 0.143. The van der Waals surface area contributed by atoms with Gasteiger partial charge in [0, 0.05) is 11.1 Å². The largest absolute Gasteiger partial charge is 0.497 e. The van der Waals surface area contributed by atoms with Crippen molar-refractivity contribution in [1.82, 2.24) is 5.32 Å². The number of methoxy groups -OCH3 is 1. The molecule has 1 aliphatic heterocycles. The third kappa shape index (κ3) is 4.17. The van der Waals surface area contributed by atoms with Crippen LogP contribution in [0.2, 0.25) is 0 Å². The summed E-state index contributed by atoms with van der Waals surface area (Å²) in [5, 5.41) is 3.41. The third-order valence-electron chi connectivity index (χ3n) is 3.83. The predicted octanol–water partition coefficient (Wildman–Crippen LogP) is 4.28. The number of ether oxygens (including phenoxy) is 1. The predicted molar refractivity (Wildman–Crippen MR) is 108 cm³/mol. The number of aliphatic imine (C=N–C) groups is 3. The van der Waals surface area contributed by atoms with Crippen molar-refractivity contribution in [3.8, 4) is 5.75 Å². The molecule has 0 atom stereocenters. The van der Waals surface area contributed by atoms with Gasteiger partial charge in [0.05, 0.1) is 12.8 Å². The monoisotopic (exact) mass is 348 g/mol. The molecule has 0 amide bonds. The van der Waals surface area contributed by atoms with Crippen LogP contribution in [-0.4, -0.2) is 30.2 Å². The minimum atomic E-state index is -0.143. The Morgan fingerprint density at radius 2 is 1.65 bits per heavy atom. The van der Waals surface area contributed by atoms with E-state index in [0.717, 1.165) is 22.6 Å². The Morgan fingerprint density at radius 1 is 0.962 bits per heavy atom. The average molecular weight is 348 g/mol. The van der Waals surface area contributed by atoms with Gasteiger partial charge in [-0.05, 0) is 57.5 Å². The summed E-state index contributed by atoms with van der Waals surface area (Å²) in [5.41, 5.74) is 2.81. The second-order valence-electron chi connectivity index (χ2n) is 7.22. The number of hydrogen-bond donors (Lipinski definition) is 1. The second kappa shape index (κ2) is 7.12. The molecule has 0 saturated carbocycles. The van der Waals surface area contributed by atoms with Gasteiger partial charge in [-0.3, -0.25) is 0 Å². The van der Waals surface area contributed by atoms with Crippen LogP contribution in [0.15, 0.2) is 63.5 Å². The Hall–Kier alpha value is -2.95. The van der Waals surface area contributed by atoms with Crippen molar-refractivity contribution < 1.29 is 4.74 Å². The fraction of sp³-hybridized carbons (Fsp3) is 0.286. The van der Waals surface area contributed by atoms with Crippen molar-refractivity contribution in [3.63, 3.8) is 0 Å². The maximum Gasteiger partial charge on any atom is 0.198 e. The molecule has 0 aromatic heterocycles. The topological polar surface area (TPSA) is 58.3 Å². The van der Waals surface area contributed by atoms with Gasteiger partial charge in [0.25, 0.3) is 0 Å². The maximum atomic E-state index is 5.20. The van der Waals surface area contributed by atoms with Gasteiger partial charge in [-0.1, -0.05) is 24.3 Å². The number of hydrogen-bond acceptors (Lipinski definition) is 4. The molecule has 2 aromatic carbocycles. The van der Waals surface area contributed by atoms with E-state index in [0.29, 0.717) is 17.5 Å². The van der Waals surface area contributed by atoms with E-state index >= 15 is 0 Å². The summed E-state index contributed by atoms with van der Waals surface area (Å²) < 4.78 is 5.20. The summed E-state index contributed by atoms with van der Waals surface area (Å²) in [4.78, 5) is 14.1. The molecular formula is C21H24N4O. The molecule has 0 saturated heterocycles. The fourth-order valence-corrected chi connectivity index (χ4v) is 2.57. The van der Waals surface area contributed by atoms with Gasteiger partial charge in [-0.25, -0.2) is 15.0 Å². The number of nitrogens with one attached hydrogen (secondary N) is 1. The van der Waals surface area contributed by atoms with Crippen molar-refractivity contribution in [2.24, 2.45) is 15.0 Å². The summed E-state index contributed by atoms with van der Waals surface area (Å²) in [6, 6.07) is 15.7. The van der Waals surface area contributed by atoms with Crippen LogP contribution in [0.5, 0.6) is 5.75 Å². The quantitative estimate of drug-likeness (QED) is 0.900. The molecular weight excluding hydrogens is 324 g/mol. The van der Waals surface area contributed by atoms with Crippen molar-refractivity contribution >= 4 is 23.2 Å². The standard InChI is InChI=1S/C21H24N4O/c1-14-8-6-7-9-17(14)18-23-19(20(24-18)25-21(2,3)4)22-15-10-12-16(26-5)13-11-15/h6-13H,1-5H3,(H,22,23,24,25). The van der Waals surface area contributed by atoms with Crippen LogP contribution in [-0.2, 0) is 0 Å². The molecule has 1 aliphatic rings. The van der Waals surface area contributed by atoms with Gasteiger partial charge in [0.15, 0.2) is 17.5 Å². The smallest absolute Gasteiger partial charge is 0.198 e. The van der Waals surface area contributed by atoms with E-state index in [4.69, 9.17) is 14.7 Å². The molecule has 0 fully saturated rings. The first-order valence-electron chi connectivity index (χ1n) is 8.60. The van der Waals surface area contributed by atoms with E-state index < -0.39 is 0 Å². The lowest BCUT2D eigenvalue weighted by Crippen LogP contribution is -2.43. The molecule has 0 unspecified atom stereocenters. The highest BCUT2D eigenvalue weighted by atomic mass is 16.5. The first-order valence-corrected chi connectivity index (χ1v) is 8.60.